The van der Waals surface area contributed by atoms with E-state index in [4.69, 9.17) is 5.14 Å². The van der Waals surface area contributed by atoms with E-state index in [2.05, 4.69) is 21.2 Å². The Bertz CT molecular complexity index is 773. The van der Waals surface area contributed by atoms with E-state index in [0.29, 0.717) is 12.1 Å². The van der Waals surface area contributed by atoms with Gasteiger partial charge in [-0.25, -0.2) is 13.6 Å². The van der Waals surface area contributed by atoms with Gasteiger partial charge in [-0.2, -0.15) is 0 Å². The Morgan fingerprint density at radius 2 is 1.90 bits per heavy atom. The molecule has 0 atom stereocenters. The van der Waals surface area contributed by atoms with Gasteiger partial charge < -0.3 is 5.32 Å². The van der Waals surface area contributed by atoms with Crippen molar-refractivity contribution < 1.29 is 8.42 Å². The molecule has 0 amide bonds. The second kappa shape index (κ2) is 6.17. The Morgan fingerprint density at radius 3 is 2.52 bits per heavy atom. The summed E-state index contributed by atoms with van der Waals surface area (Å²) >= 11 is 3.50. The van der Waals surface area contributed by atoms with Crippen molar-refractivity contribution in [1.29, 1.82) is 0 Å². The van der Waals surface area contributed by atoms with E-state index in [1.54, 1.807) is 13.0 Å². The smallest absolute Gasteiger partial charge is 0.238 e. The molecule has 0 heterocycles. The quantitative estimate of drug-likeness (QED) is 0.869. The van der Waals surface area contributed by atoms with Gasteiger partial charge in [-0.05, 0) is 48.7 Å². The number of nitrogens with two attached hydrogens (primary N) is 1. The first-order chi connectivity index (χ1) is 9.79. The molecular formula is C15H17BrN2O2S. The predicted molar refractivity (Wildman–Crippen MR) is 88.8 cm³/mol. The van der Waals surface area contributed by atoms with Gasteiger partial charge in [0.15, 0.2) is 0 Å². The van der Waals surface area contributed by atoms with Crippen molar-refractivity contribution in [3.8, 4) is 0 Å². The number of nitrogens with one attached hydrogen (secondary N) is 1. The Labute approximate surface area is 133 Å². The van der Waals surface area contributed by atoms with Crippen LogP contribution in [0.5, 0.6) is 0 Å². The normalized spacial score (nSPS) is 11.4. The van der Waals surface area contributed by atoms with Gasteiger partial charge >= 0.3 is 0 Å². The fraction of sp³-hybridized carbons (Fsp3) is 0.200. The van der Waals surface area contributed by atoms with Gasteiger partial charge in [0, 0.05) is 16.7 Å². The molecule has 0 bridgehead atoms. The Kier molecular flexibility index (Phi) is 4.70. The largest absolute Gasteiger partial charge is 0.381 e. The van der Waals surface area contributed by atoms with Crippen molar-refractivity contribution >= 4 is 31.6 Å². The first kappa shape index (κ1) is 16.0. The lowest BCUT2D eigenvalue weighted by Gasteiger charge is -2.13. The lowest BCUT2D eigenvalue weighted by molar-refractivity contribution is 0.597. The number of halogens is 1. The molecule has 0 unspecified atom stereocenters. The maximum Gasteiger partial charge on any atom is 0.238 e. The molecule has 112 valence electrons. The van der Waals surface area contributed by atoms with Crippen LogP contribution in [0.3, 0.4) is 0 Å². The highest BCUT2D eigenvalue weighted by atomic mass is 79.9. The van der Waals surface area contributed by atoms with E-state index >= 15 is 0 Å². The molecule has 0 radical (unpaired) electrons. The summed E-state index contributed by atoms with van der Waals surface area (Å²) in [4.78, 5) is 0.151. The molecule has 0 fully saturated rings. The lowest BCUT2D eigenvalue weighted by Crippen LogP contribution is -2.14. The molecule has 0 aliphatic heterocycles. The molecule has 2 aromatic rings. The summed E-state index contributed by atoms with van der Waals surface area (Å²) < 4.78 is 24.1. The van der Waals surface area contributed by atoms with Crippen molar-refractivity contribution in [2.45, 2.75) is 25.3 Å². The second-order valence-corrected chi connectivity index (χ2v) is 7.29. The number of primary sulfonamides is 1. The van der Waals surface area contributed by atoms with Gasteiger partial charge in [-0.15, -0.1) is 0 Å². The third-order valence-corrected chi connectivity index (χ3v) is 5.22. The van der Waals surface area contributed by atoms with Crippen LogP contribution in [0, 0.1) is 13.8 Å². The summed E-state index contributed by atoms with van der Waals surface area (Å²) in [7, 11) is -3.70. The van der Waals surface area contributed by atoms with Crippen LogP contribution in [-0.2, 0) is 16.6 Å². The van der Waals surface area contributed by atoms with Gasteiger partial charge in [-0.1, -0.05) is 34.1 Å². The average Bonchev–Trinajstić information content (AvgIpc) is 2.40. The number of aryl methyl sites for hydroxylation is 1. The van der Waals surface area contributed by atoms with Gasteiger partial charge in [0.25, 0.3) is 0 Å². The predicted octanol–water partition coefficient (Wildman–Crippen LogP) is 3.33. The molecule has 0 saturated carbocycles. The highest BCUT2D eigenvalue weighted by Crippen LogP contribution is 2.23. The summed E-state index contributed by atoms with van der Waals surface area (Å²) in [5, 5.41) is 8.46. The van der Waals surface area contributed by atoms with Crippen molar-refractivity contribution in [2.24, 2.45) is 5.14 Å². The Balaban J connectivity index is 2.23. The van der Waals surface area contributed by atoms with Gasteiger partial charge in [0.2, 0.25) is 10.0 Å². The van der Waals surface area contributed by atoms with Gasteiger partial charge in [0.1, 0.15) is 0 Å². The van der Waals surface area contributed by atoms with Crippen molar-refractivity contribution in [3.05, 3.63) is 57.6 Å². The number of rotatable bonds is 4. The summed E-state index contributed by atoms with van der Waals surface area (Å²) in [6, 6.07) is 11.1. The maximum absolute atomic E-state index is 11.5. The number of anilines is 1. The van der Waals surface area contributed by atoms with E-state index in [1.807, 2.05) is 31.2 Å². The van der Waals surface area contributed by atoms with E-state index in [-0.39, 0.29) is 4.90 Å². The van der Waals surface area contributed by atoms with Crippen LogP contribution in [0.15, 0.2) is 45.8 Å². The van der Waals surface area contributed by atoms with Gasteiger partial charge in [-0.3, -0.25) is 0 Å². The van der Waals surface area contributed by atoms with Crippen molar-refractivity contribution in [1.82, 2.24) is 0 Å². The third-order valence-electron chi connectivity index (χ3n) is 3.31. The monoisotopic (exact) mass is 368 g/mol. The van der Waals surface area contributed by atoms with E-state index in [1.165, 1.54) is 11.6 Å². The number of sulfonamides is 1. The van der Waals surface area contributed by atoms with Crippen LogP contribution in [0.4, 0.5) is 5.69 Å². The summed E-state index contributed by atoms with van der Waals surface area (Å²) in [6.07, 6.45) is 0. The molecular weight excluding hydrogens is 352 g/mol. The first-order valence-corrected chi connectivity index (χ1v) is 8.74. The molecule has 2 rings (SSSR count). The Morgan fingerprint density at radius 1 is 1.19 bits per heavy atom. The van der Waals surface area contributed by atoms with E-state index in [0.717, 1.165) is 15.7 Å². The number of hydrogen-bond acceptors (Lipinski definition) is 3. The molecule has 2 aromatic carbocycles. The van der Waals surface area contributed by atoms with Crippen LogP contribution < -0.4 is 10.5 Å². The molecule has 0 aliphatic carbocycles. The van der Waals surface area contributed by atoms with E-state index < -0.39 is 10.0 Å². The van der Waals surface area contributed by atoms with Crippen LogP contribution in [0.2, 0.25) is 0 Å². The molecule has 6 heteroatoms. The summed E-state index contributed by atoms with van der Waals surface area (Å²) in [5.74, 6) is 0. The standard InChI is InChI=1S/C15H17BrN2O2S/c1-10-6-7-12(8-13(10)16)9-18-14-4-3-5-15(11(14)2)21(17,19)20/h3-8,18H,9H2,1-2H3,(H2,17,19,20). The average molecular weight is 369 g/mol. The molecule has 0 aliphatic rings. The summed E-state index contributed by atoms with van der Waals surface area (Å²) in [5.41, 5.74) is 3.67. The fourth-order valence-electron chi connectivity index (χ4n) is 2.06. The SMILES string of the molecule is Cc1ccc(CNc2cccc(S(N)(=O)=O)c2C)cc1Br. The molecule has 4 nitrogen and oxygen atoms in total. The second-order valence-electron chi connectivity index (χ2n) is 4.91. The zero-order valence-corrected chi connectivity index (χ0v) is 14.3. The maximum atomic E-state index is 11.5. The summed E-state index contributed by atoms with van der Waals surface area (Å²) in [6.45, 7) is 4.38. The Hall–Kier alpha value is -1.37. The minimum Gasteiger partial charge on any atom is -0.381 e. The number of benzene rings is 2. The molecule has 0 saturated heterocycles. The van der Waals surface area contributed by atoms with Gasteiger partial charge in [0.05, 0.1) is 4.90 Å². The molecule has 0 aromatic heterocycles. The van der Waals surface area contributed by atoms with Crippen LogP contribution >= 0.6 is 15.9 Å². The molecule has 0 spiro atoms. The van der Waals surface area contributed by atoms with Crippen molar-refractivity contribution in [2.75, 3.05) is 5.32 Å². The van der Waals surface area contributed by atoms with E-state index in [9.17, 15) is 8.42 Å². The number of hydrogen-bond donors (Lipinski definition) is 2. The third kappa shape index (κ3) is 3.84. The minimum atomic E-state index is -3.70. The van der Waals surface area contributed by atoms with Crippen molar-refractivity contribution in [3.63, 3.8) is 0 Å². The fourth-order valence-corrected chi connectivity index (χ4v) is 3.29. The first-order valence-electron chi connectivity index (χ1n) is 6.40. The lowest BCUT2D eigenvalue weighted by atomic mass is 10.1. The van der Waals surface area contributed by atoms with Crippen LogP contribution in [-0.4, -0.2) is 8.42 Å². The minimum absolute atomic E-state index is 0.151. The molecule has 3 N–H and O–H groups in total. The zero-order chi connectivity index (χ0) is 15.6. The topological polar surface area (TPSA) is 72.2 Å². The highest BCUT2D eigenvalue weighted by molar-refractivity contribution is 9.10. The molecule has 21 heavy (non-hydrogen) atoms. The zero-order valence-electron chi connectivity index (χ0n) is 11.9. The highest BCUT2D eigenvalue weighted by Gasteiger charge is 2.13. The van der Waals surface area contributed by atoms with Crippen LogP contribution in [0.25, 0.3) is 0 Å². The van der Waals surface area contributed by atoms with Crippen LogP contribution in [0.1, 0.15) is 16.7 Å².